The highest BCUT2D eigenvalue weighted by molar-refractivity contribution is 8.00. The van der Waals surface area contributed by atoms with E-state index in [2.05, 4.69) is 43.2 Å². The molecule has 1 fully saturated rings. The molecule has 0 radical (unpaired) electrons. The molecular formula is C21H27N3O2S2. The molecule has 1 saturated heterocycles. The Kier molecular flexibility index (Phi) is 7.13. The number of rotatable bonds is 6. The van der Waals surface area contributed by atoms with Crippen molar-refractivity contribution in [1.29, 1.82) is 0 Å². The van der Waals surface area contributed by atoms with Gasteiger partial charge in [0.05, 0.1) is 17.2 Å². The quantitative estimate of drug-likeness (QED) is 0.759. The van der Waals surface area contributed by atoms with E-state index in [-0.39, 0.29) is 17.6 Å². The van der Waals surface area contributed by atoms with Crippen molar-refractivity contribution in [2.24, 2.45) is 5.92 Å². The zero-order valence-corrected chi connectivity index (χ0v) is 18.3. The molecule has 0 aliphatic carbocycles. The summed E-state index contributed by atoms with van der Waals surface area (Å²) in [5, 5.41) is 5.39. The number of amides is 2. The van der Waals surface area contributed by atoms with Crippen molar-refractivity contribution in [3.8, 4) is 11.3 Å². The summed E-state index contributed by atoms with van der Waals surface area (Å²) in [4.78, 5) is 30.9. The number of nitrogens with one attached hydrogen (secondary N) is 1. The summed E-state index contributed by atoms with van der Waals surface area (Å²) in [6.07, 6.45) is 2.27. The van der Waals surface area contributed by atoms with Crippen LogP contribution in [0.1, 0.15) is 30.9 Å². The van der Waals surface area contributed by atoms with Crippen LogP contribution < -0.4 is 5.32 Å². The summed E-state index contributed by atoms with van der Waals surface area (Å²) < 4.78 is 0. The van der Waals surface area contributed by atoms with Crippen LogP contribution in [0.2, 0.25) is 0 Å². The lowest BCUT2D eigenvalue weighted by molar-refractivity contribution is -0.130. The largest absolute Gasteiger partial charge is 0.342 e. The van der Waals surface area contributed by atoms with Gasteiger partial charge in [-0.25, -0.2) is 4.98 Å². The number of aromatic nitrogens is 1. The second kappa shape index (κ2) is 9.56. The number of hydrogen-bond donors (Lipinski definition) is 1. The van der Waals surface area contributed by atoms with Gasteiger partial charge in [-0.3, -0.25) is 9.59 Å². The molecule has 28 heavy (non-hydrogen) atoms. The van der Waals surface area contributed by atoms with Crippen LogP contribution in [0, 0.1) is 19.8 Å². The van der Waals surface area contributed by atoms with Crippen molar-refractivity contribution in [3.05, 3.63) is 34.7 Å². The first kappa shape index (κ1) is 20.9. The Morgan fingerprint density at radius 2 is 2.11 bits per heavy atom. The van der Waals surface area contributed by atoms with E-state index in [1.807, 2.05) is 16.3 Å². The number of carbonyl (C=O) groups excluding carboxylic acids is 2. The van der Waals surface area contributed by atoms with Gasteiger partial charge in [0.15, 0.2) is 5.13 Å². The average Bonchev–Trinajstić information content (AvgIpc) is 3.12. The number of hydrogen-bond acceptors (Lipinski definition) is 5. The molecule has 7 heteroatoms. The number of nitrogens with zero attached hydrogens (tertiary/aromatic N) is 2. The first-order valence-electron chi connectivity index (χ1n) is 9.61. The molecule has 1 N–H and O–H groups in total. The van der Waals surface area contributed by atoms with Crippen LogP contribution in [-0.2, 0) is 9.59 Å². The number of thioether (sulfide) groups is 1. The van der Waals surface area contributed by atoms with E-state index in [0.29, 0.717) is 16.8 Å². The molecule has 0 spiro atoms. The Bertz CT molecular complexity index is 850. The van der Waals surface area contributed by atoms with Gasteiger partial charge in [-0.1, -0.05) is 19.1 Å². The van der Waals surface area contributed by atoms with Crippen molar-refractivity contribution in [3.63, 3.8) is 0 Å². The fourth-order valence-electron chi connectivity index (χ4n) is 3.26. The van der Waals surface area contributed by atoms with Crippen molar-refractivity contribution in [2.45, 2.75) is 33.6 Å². The third kappa shape index (κ3) is 5.58. The topological polar surface area (TPSA) is 62.3 Å². The Labute approximate surface area is 174 Å². The molecule has 0 unspecified atom stereocenters. The van der Waals surface area contributed by atoms with Gasteiger partial charge in [-0.05, 0) is 49.8 Å². The summed E-state index contributed by atoms with van der Waals surface area (Å²) in [5.74, 6) is 1.20. The van der Waals surface area contributed by atoms with Crippen LogP contribution in [0.3, 0.4) is 0 Å². The van der Waals surface area contributed by atoms with Crippen molar-refractivity contribution >= 4 is 40.0 Å². The molecule has 1 atom stereocenters. The molecule has 150 valence electrons. The molecule has 1 aromatic heterocycles. The smallest absolute Gasteiger partial charge is 0.236 e. The highest BCUT2D eigenvalue weighted by Crippen LogP contribution is 2.26. The summed E-state index contributed by atoms with van der Waals surface area (Å²) in [6.45, 7) is 8.03. The number of anilines is 1. The molecule has 5 nitrogen and oxygen atoms in total. The van der Waals surface area contributed by atoms with E-state index in [1.165, 1.54) is 40.6 Å². The van der Waals surface area contributed by atoms with Gasteiger partial charge in [0.1, 0.15) is 0 Å². The van der Waals surface area contributed by atoms with Crippen LogP contribution in [0.15, 0.2) is 23.6 Å². The zero-order valence-electron chi connectivity index (χ0n) is 16.7. The van der Waals surface area contributed by atoms with Crippen molar-refractivity contribution in [2.75, 3.05) is 29.9 Å². The monoisotopic (exact) mass is 417 g/mol. The van der Waals surface area contributed by atoms with Gasteiger partial charge in [0.25, 0.3) is 0 Å². The zero-order chi connectivity index (χ0) is 20.1. The Hall–Kier alpha value is -1.86. The average molecular weight is 418 g/mol. The van der Waals surface area contributed by atoms with Gasteiger partial charge >= 0.3 is 0 Å². The number of likely N-dealkylation sites (tertiary alicyclic amines) is 1. The van der Waals surface area contributed by atoms with Gasteiger partial charge in [-0.15, -0.1) is 23.1 Å². The number of aryl methyl sites for hydroxylation is 2. The molecular weight excluding hydrogens is 390 g/mol. The minimum atomic E-state index is -0.120. The van der Waals surface area contributed by atoms with Gasteiger partial charge in [-0.2, -0.15) is 0 Å². The Morgan fingerprint density at radius 3 is 2.86 bits per heavy atom. The molecule has 2 aromatic rings. The van der Waals surface area contributed by atoms with Gasteiger partial charge in [0.2, 0.25) is 11.8 Å². The predicted molar refractivity (Wildman–Crippen MR) is 118 cm³/mol. The first-order chi connectivity index (χ1) is 13.4. The van der Waals surface area contributed by atoms with E-state index in [9.17, 15) is 9.59 Å². The highest BCUT2D eigenvalue weighted by Gasteiger charge is 2.21. The van der Waals surface area contributed by atoms with Crippen LogP contribution in [-0.4, -0.2) is 46.3 Å². The summed E-state index contributed by atoms with van der Waals surface area (Å²) in [6, 6.07) is 6.24. The fraction of sp³-hybridized carbons (Fsp3) is 0.476. The molecule has 0 bridgehead atoms. The maximum atomic E-state index is 12.3. The fourth-order valence-corrected chi connectivity index (χ4v) is 4.71. The lowest BCUT2D eigenvalue weighted by Crippen LogP contribution is -2.40. The van der Waals surface area contributed by atoms with Gasteiger partial charge < -0.3 is 10.2 Å². The maximum absolute atomic E-state index is 12.3. The second-order valence-electron chi connectivity index (χ2n) is 7.47. The molecule has 3 rings (SSSR count). The van der Waals surface area contributed by atoms with Gasteiger partial charge in [0, 0.05) is 24.0 Å². The summed E-state index contributed by atoms with van der Waals surface area (Å²) in [5.41, 5.74) is 4.39. The predicted octanol–water partition coefficient (Wildman–Crippen LogP) is 4.36. The van der Waals surface area contributed by atoms with E-state index in [1.54, 1.807) is 0 Å². The minimum Gasteiger partial charge on any atom is -0.342 e. The molecule has 2 heterocycles. The van der Waals surface area contributed by atoms with Crippen LogP contribution >= 0.6 is 23.1 Å². The minimum absolute atomic E-state index is 0.120. The maximum Gasteiger partial charge on any atom is 0.236 e. The molecule has 0 saturated carbocycles. The number of carbonyl (C=O) groups is 2. The lowest BCUT2D eigenvalue weighted by Gasteiger charge is -2.30. The SMILES string of the molecule is Cc1ccc(-c2csc(NC(=O)CSCC(=O)N3CCC[C@@H](C)C3)n2)cc1C. The third-order valence-electron chi connectivity index (χ3n) is 5.02. The number of benzene rings is 1. The molecule has 1 aliphatic heterocycles. The molecule has 1 aliphatic rings. The van der Waals surface area contributed by atoms with E-state index < -0.39 is 0 Å². The number of thiazole rings is 1. The van der Waals surface area contributed by atoms with E-state index in [4.69, 9.17) is 0 Å². The van der Waals surface area contributed by atoms with Crippen LogP contribution in [0.5, 0.6) is 0 Å². The third-order valence-corrected chi connectivity index (χ3v) is 6.70. The van der Waals surface area contributed by atoms with E-state index in [0.717, 1.165) is 30.8 Å². The van der Waals surface area contributed by atoms with Crippen molar-refractivity contribution in [1.82, 2.24) is 9.88 Å². The van der Waals surface area contributed by atoms with E-state index >= 15 is 0 Å². The normalized spacial score (nSPS) is 16.8. The molecule has 1 aromatic carbocycles. The number of piperidine rings is 1. The summed E-state index contributed by atoms with van der Waals surface area (Å²) in [7, 11) is 0. The van der Waals surface area contributed by atoms with Crippen LogP contribution in [0.4, 0.5) is 5.13 Å². The first-order valence-corrected chi connectivity index (χ1v) is 11.6. The summed E-state index contributed by atoms with van der Waals surface area (Å²) >= 11 is 2.78. The van der Waals surface area contributed by atoms with Crippen molar-refractivity contribution < 1.29 is 9.59 Å². The van der Waals surface area contributed by atoms with Crippen LogP contribution in [0.25, 0.3) is 11.3 Å². The standard InChI is InChI=1S/C21H27N3O2S2/c1-14-5-4-8-24(10-14)20(26)13-27-12-19(25)23-21-22-18(11-28-21)17-7-6-15(2)16(3)9-17/h6-7,9,11,14H,4-5,8,10,12-13H2,1-3H3,(H,22,23,25)/t14-/m1/s1. The Morgan fingerprint density at radius 1 is 1.29 bits per heavy atom. The molecule has 2 amide bonds. The highest BCUT2D eigenvalue weighted by atomic mass is 32.2. The Balaban J connectivity index is 1.45. The second-order valence-corrected chi connectivity index (χ2v) is 9.31. The lowest BCUT2D eigenvalue weighted by atomic mass is 10.0.